The minimum Gasteiger partial charge on any atom is -0.455 e. The summed E-state index contributed by atoms with van der Waals surface area (Å²) in [6.07, 6.45) is 0. The summed E-state index contributed by atoms with van der Waals surface area (Å²) in [5, 5.41) is 6.84. The summed E-state index contributed by atoms with van der Waals surface area (Å²) >= 11 is 0. The molecule has 1 aromatic heterocycles. The van der Waals surface area contributed by atoms with Crippen LogP contribution in [0.2, 0.25) is 0 Å². The number of benzene rings is 11. The van der Waals surface area contributed by atoms with E-state index in [4.69, 9.17) is 4.42 Å². The molecule has 3 heteroatoms. The summed E-state index contributed by atoms with van der Waals surface area (Å²) < 4.78 is 7.38. The molecule has 14 rings (SSSR count). The maximum Gasteiger partial charge on any atom is 0.143 e. The lowest BCUT2D eigenvalue weighted by Crippen LogP contribution is -2.27. The van der Waals surface area contributed by atoms with Gasteiger partial charge in [-0.05, 0) is 167 Å². The Morgan fingerprint density at radius 3 is 1.10 bits per heavy atom. The summed E-state index contributed by atoms with van der Waals surface area (Å²) in [7, 11) is 0. The van der Waals surface area contributed by atoms with Gasteiger partial charge in [-0.15, -0.1) is 0 Å². The largest absolute Gasteiger partial charge is 0.455 e. The number of fused-ring (bicyclic) bond motifs is 18. The van der Waals surface area contributed by atoms with Crippen LogP contribution in [-0.2, 0) is 27.1 Å². The molecule has 404 valence electrons. The Kier molecular flexibility index (Phi) is 11.4. The molecule has 0 radical (unpaired) electrons. The van der Waals surface area contributed by atoms with Crippen LogP contribution < -0.4 is 9.80 Å². The Bertz CT molecular complexity index is 4350. The topological polar surface area (TPSA) is 19.6 Å². The van der Waals surface area contributed by atoms with Gasteiger partial charge in [0.2, 0.25) is 0 Å². The lowest BCUT2D eigenvalue weighted by atomic mass is 9.70. The predicted octanol–water partition coefficient (Wildman–Crippen LogP) is 22.4. The maximum absolute atomic E-state index is 7.38. The summed E-state index contributed by atoms with van der Waals surface area (Å²) in [4.78, 5) is 5.04. The Labute approximate surface area is 484 Å². The van der Waals surface area contributed by atoms with Crippen LogP contribution in [0.15, 0.2) is 223 Å². The monoisotopic (exact) mass is 1060 g/mol. The lowest BCUT2D eigenvalue weighted by Gasteiger charge is -2.34. The van der Waals surface area contributed by atoms with Crippen LogP contribution in [-0.4, -0.2) is 0 Å². The molecule has 2 aliphatic carbocycles. The summed E-state index contributed by atoms with van der Waals surface area (Å²) in [5.41, 5.74) is 22.9. The van der Waals surface area contributed by atoms with Crippen LogP contribution in [0.1, 0.15) is 128 Å². The highest BCUT2D eigenvalue weighted by atomic mass is 16.3. The quantitative estimate of drug-likeness (QED) is 0.165. The van der Waals surface area contributed by atoms with Crippen molar-refractivity contribution < 1.29 is 4.42 Å². The van der Waals surface area contributed by atoms with Crippen molar-refractivity contribution >= 4 is 77.6 Å². The molecule has 2 aliphatic rings. The molecule has 0 amide bonds. The Morgan fingerprint density at radius 1 is 0.305 bits per heavy atom. The lowest BCUT2D eigenvalue weighted by molar-refractivity contribution is 0.590. The SMILES string of the molecule is CC(C)(C)c1ccc(N(c2ccc(C(C)(C)C)cc2)c2cc3c(c4ccccc24)-c2c(cc(N(c4ccc(C(C)(C)C)cc4)c4ccc(C(C)(C)C)cc4)c4ccc5c6ccccc6oc5c24)C32c3ccccc3-c3ccccc32)cc1. The molecule has 3 nitrogen and oxygen atoms in total. The van der Waals surface area contributed by atoms with Gasteiger partial charge in [0.25, 0.3) is 0 Å². The molecule has 0 bridgehead atoms. The van der Waals surface area contributed by atoms with E-state index in [2.05, 4.69) is 311 Å². The van der Waals surface area contributed by atoms with Gasteiger partial charge in [0.05, 0.1) is 16.8 Å². The molecule has 0 atom stereocenters. The first-order valence-electron chi connectivity index (χ1n) is 29.4. The van der Waals surface area contributed by atoms with Crippen molar-refractivity contribution in [2.75, 3.05) is 9.80 Å². The molecule has 0 unspecified atom stereocenters. The molecule has 11 aromatic carbocycles. The van der Waals surface area contributed by atoms with E-state index in [0.717, 1.165) is 66.8 Å². The zero-order chi connectivity index (χ0) is 56.8. The first-order chi connectivity index (χ1) is 39.2. The molecule has 0 aliphatic heterocycles. The van der Waals surface area contributed by atoms with E-state index < -0.39 is 5.41 Å². The van der Waals surface area contributed by atoms with Gasteiger partial charge in [-0.25, -0.2) is 0 Å². The van der Waals surface area contributed by atoms with E-state index in [1.807, 2.05) is 0 Å². The first-order valence-corrected chi connectivity index (χ1v) is 29.4. The molecular weight excluding hydrogens is 993 g/mol. The van der Waals surface area contributed by atoms with Gasteiger partial charge in [-0.1, -0.05) is 229 Å². The van der Waals surface area contributed by atoms with Crippen LogP contribution in [0.5, 0.6) is 0 Å². The molecule has 82 heavy (non-hydrogen) atoms. The normalized spacial score (nSPS) is 13.7. The third kappa shape index (κ3) is 7.83. The van der Waals surface area contributed by atoms with Crippen molar-refractivity contribution in [3.8, 4) is 22.3 Å². The van der Waals surface area contributed by atoms with Crippen LogP contribution in [0.4, 0.5) is 34.1 Å². The summed E-state index contributed by atoms with van der Waals surface area (Å²) in [6.45, 7) is 27.6. The van der Waals surface area contributed by atoms with E-state index in [-0.39, 0.29) is 21.7 Å². The third-order valence-corrected chi connectivity index (χ3v) is 18.1. The van der Waals surface area contributed by atoms with Crippen LogP contribution in [0.25, 0.3) is 65.7 Å². The first kappa shape index (κ1) is 51.5. The van der Waals surface area contributed by atoms with Crippen molar-refractivity contribution in [3.63, 3.8) is 0 Å². The van der Waals surface area contributed by atoms with E-state index in [9.17, 15) is 0 Å². The van der Waals surface area contributed by atoms with Crippen LogP contribution in [0, 0.1) is 0 Å². The summed E-state index contributed by atoms with van der Waals surface area (Å²) in [5.74, 6) is 0. The molecule has 1 spiro atoms. The van der Waals surface area contributed by atoms with Gasteiger partial charge in [0.1, 0.15) is 11.2 Å². The smallest absolute Gasteiger partial charge is 0.143 e. The molecule has 0 N–H and O–H groups in total. The average molecular weight is 1070 g/mol. The molecule has 0 fully saturated rings. The van der Waals surface area contributed by atoms with Gasteiger partial charge >= 0.3 is 0 Å². The number of rotatable bonds is 6. The fraction of sp³-hybridized carbons (Fsp3) is 0.215. The number of nitrogens with zero attached hydrogens (tertiary/aromatic N) is 2. The Hall–Kier alpha value is -8.66. The molecule has 12 aromatic rings. The van der Waals surface area contributed by atoms with E-state index in [0.29, 0.717) is 0 Å². The van der Waals surface area contributed by atoms with E-state index >= 15 is 0 Å². The minimum absolute atomic E-state index is 0.00633. The highest BCUT2D eigenvalue weighted by molar-refractivity contribution is 6.27. The zero-order valence-corrected chi connectivity index (χ0v) is 49.6. The third-order valence-electron chi connectivity index (χ3n) is 18.1. The zero-order valence-electron chi connectivity index (χ0n) is 49.6. The standard InChI is InChI=1S/C79H72N2O/c1-75(2,3)49-29-37-53(38-30-49)80(54-39-31-50(32-40-54)76(4,5)6)68-47-66-71(61-25-14-13-23-59(61)68)73-67(79(66)64-26-18-15-21-57(64)58-22-16-19-27-65(58)79)48-69(63-46-45-62-60-24-17-20-28-70(60)82-74(62)72(63)73)81(55-41-33-51(34-42-55)77(7,8)9)56-43-35-52(36-44-56)78(10,11)12/h13-48H,1-12H3. The summed E-state index contributed by atoms with van der Waals surface area (Å²) in [6, 6.07) is 83.4. The molecule has 0 saturated carbocycles. The predicted molar refractivity (Wildman–Crippen MR) is 349 cm³/mol. The van der Waals surface area contributed by atoms with Gasteiger partial charge in [0, 0.05) is 49.7 Å². The molecule has 0 saturated heterocycles. The molecular formula is C79H72N2O. The second kappa shape index (κ2) is 18.2. The fourth-order valence-corrected chi connectivity index (χ4v) is 13.8. The van der Waals surface area contributed by atoms with Crippen LogP contribution >= 0.6 is 0 Å². The van der Waals surface area contributed by atoms with Gasteiger partial charge in [-0.2, -0.15) is 0 Å². The van der Waals surface area contributed by atoms with Crippen molar-refractivity contribution in [1.82, 2.24) is 0 Å². The Morgan fingerprint density at radius 2 is 0.659 bits per heavy atom. The van der Waals surface area contributed by atoms with Gasteiger partial charge in [-0.3, -0.25) is 0 Å². The number of hydrogen-bond donors (Lipinski definition) is 0. The van der Waals surface area contributed by atoms with Crippen molar-refractivity contribution in [1.29, 1.82) is 0 Å². The fourth-order valence-electron chi connectivity index (χ4n) is 13.8. The van der Waals surface area contributed by atoms with E-state index in [1.54, 1.807) is 0 Å². The number of furan rings is 1. The Balaban J connectivity index is 1.16. The van der Waals surface area contributed by atoms with Gasteiger partial charge in [0.15, 0.2) is 0 Å². The maximum atomic E-state index is 7.38. The average Bonchev–Trinajstić information content (AvgIpc) is 1.61. The van der Waals surface area contributed by atoms with Crippen molar-refractivity contribution in [2.24, 2.45) is 0 Å². The van der Waals surface area contributed by atoms with Gasteiger partial charge < -0.3 is 14.2 Å². The highest BCUT2D eigenvalue weighted by Gasteiger charge is 2.54. The van der Waals surface area contributed by atoms with Crippen molar-refractivity contribution in [3.05, 3.63) is 263 Å². The number of para-hydroxylation sites is 1. The minimum atomic E-state index is -0.760. The highest BCUT2D eigenvalue weighted by Crippen LogP contribution is 2.67. The number of anilines is 6. The van der Waals surface area contributed by atoms with Crippen LogP contribution in [0.3, 0.4) is 0 Å². The second-order valence-corrected chi connectivity index (χ2v) is 27.3. The molecule has 1 heterocycles. The second-order valence-electron chi connectivity index (χ2n) is 27.3. The van der Waals surface area contributed by atoms with Crippen molar-refractivity contribution in [2.45, 2.75) is 110 Å². The number of hydrogen-bond acceptors (Lipinski definition) is 3. The van der Waals surface area contributed by atoms with E-state index in [1.165, 1.54) is 77.5 Å².